The van der Waals surface area contributed by atoms with Crippen molar-refractivity contribution in [2.75, 3.05) is 5.32 Å². The van der Waals surface area contributed by atoms with Crippen molar-refractivity contribution in [2.45, 2.75) is 0 Å². The maximum Gasteiger partial charge on any atom is 0.152 e. The van der Waals surface area contributed by atoms with Crippen LogP contribution in [0.2, 0.25) is 0 Å². The molecule has 0 fully saturated rings. The summed E-state index contributed by atoms with van der Waals surface area (Å²) in [6.45, 7) is 0. The molecule has 0 radical (unpaired) electrons. The SMILES string of the molecule is NC(=S)c1ccc(Nc2c(F)cc(F)cc2F)cc1F. The summed E-state index contributed by atoms with van der Waals surface area (Å²) in [6.07, 6.45) is 0. The molecule has 7 heteroatoms. The van der Waals surface area contributed by atoms with Crippen LogP contribution in [0.1, 0.15) is 5.56 Å². The highest BCUT2D eigenvalue weighted by molar-refractivity contribution is 7.80. The van der Waals surface area contributed by atoms with E-state index in [-0.39, 0.29) is 16.2 Å². The van der Waals surface area contributed by atoms with Crippen molar-refractivity contribution in [1.29, 1.82) is 0 Å². The lowest BCUT2D eigenvalue weighted by Gasteiger charge is -2.10. The van der Waals surface area contributed by atoms with Crippen LogP contribution < -0.4 is 11.1 Å². The molecule has 0 bridgehead atoms. The van der Waals surface area contributed by atoms with E-state index in [1.165, 1.54) is 12.1 Å². The largest absolute Gasteiger partial charge is 0.389 e. The van der Waals surface area contributed by atoms with E-state index in [1.54, 1.807) is 0 Å². The van der Waals surface area contributed by atoms with Gasteiger partial charge in [-0.2, -0.15) is 0 Å². The average molecular weight is 300 g/mol. The van der Waals surface area contributed by atoms with Gasteiger partial charge in [0, 0.05) is 23.4 Å². The van der Waals surface area contributed by atoms with Gasteiger partial charge in [-0.25, -0.2) is 17.6 Å². The highest BCUT2D eigenvalue weighted by Gasteiger charge is 2.13. The minimum atomic E-state index is -1.12. The molecule has 0 aromatic heterocycles. The number of halogens is 4. The Balaban J connectivity index is 2.36. The zero-order valence-electron chi connectivity index (χ0n) is 9.88. The first-order valence-electron chi connectivity index (χ1n) is 5.39. The molecular formula is C13H8F4N2S. The Hall–Kier alpha value is -2.15. The minimum Gasteiger partial charge on any atom is -0.389 e. The molecule has 2 aromatic carbocycles. The predicted octanol–water partition coefficient (Wildman–Crippen LogP) is 3.62. The summed E-state index contributed by atoms with van der Waals surface area (Å²) in [5.41, 5.74) is 4.81. The van der Waals surface area contributed by atoms with Crippen LogP contribution in [0.15, 0.2) is 30.3 Å². The Bertz CT molecular complexity index is 665. The number of hydrogen-bond donors (Lipinski definition) is 2. The average Bonchev–Trinajstić information content (AvgIpc) is 2.33. The summed E-state index contributed by atoms with van der Waals surface area (Å²) in [7, 11) is 0. The Morgan fingerprint density at radius 3 is 2.05 bits per heavy atom. The molecule has 0 atom stereocenters. The van der Waals surface area contributed by atoms with Crippen molar-refractivity contribution in [3.63, 3.8) is 0 Å². The fraction of sp³-hybridized carbons (Fsp3) is 0. The van der Waals surface area contributed by atoms with Gasteiger partial charge in [0.2, 0.25) is 0 Å². The summed E-state index contributed by atoms with van der Waals surface area (Å²) in [5.74, 6) is -4.02. The topological polar surface area (TPSA) is 38.0 Å². The van der Waals surface area contributed by atoms with E-state index in [1.807, 2.05) is 0 Å². The molecule has 0 heterocycles. The maximum atomic E-state index is 13.6. The Labute approximate surface area is 117 Å². The molecule has 2 rings (SSSR count). The smallest absolute Gasteiger partial charge is 0.152 e. The van der Waals surface area contributed by atoms with Gasteiger partial charge in [-0.15, -0.1) is 0 Å². The number of hydrogen-bond acceptors (Lipinski definition) is 2. The van der Waals surface area contributed by atoms with Crippen LogP contribution in [-0.4, -0.2) is 4.99 Å². The lowest BCUT2D eigenvalue weighted by atomic mass is 10.2. The van der Waals surface area contributed by atoms with Gasteiger partial charge in [0.15, 0.2) is 11.6 Å². The minimum absolute atomic E-state index is 0.0191. The third-order valence-electron chi connectivity index (χ3n) is 2.51. The zero-order chi connectivity index (χ0) is 14.9. The van der Waals surface area contributed by atoms with Gasteiger partial charge in [0.25, 0.3) is 0 Å². The van der Waals surface area contributed by atoms with E-state index in [9.17, 15) is 17.6 Å². The van der Waals surface area contributed by atoms with E-state index < -0.39 is 29.0 Å². The predicted molar refractivity (Wildman–Crippen MR) is 71.9 cm³/mol. The molecule has 0 unspecified atom stereocenters. The van der Waals surface area contributed by atoms with E-state index in [4.69, 9.17) is 5.73 Å². The monoisotopic (exact) mass is 300 g/mol. The van der Waals surface area contributed by atoms with Gasteiger partial charge in [0.05, 0.1) is 0 Å². The van der Waals surface area contributed by atoms with Crippen LogP contribution in [0.5, 0.6) is 0 Å². The van der Waals surface area contributed by atoms with E-state index in [0.29, 0.717) is 12.1 Å². The summed E-state index contributed by atoms with van der Waals surface area (Å²) >= 11 is 4.63. The second-order valence-corrected chi connectivity index (χ2v) is 4.37. The Kier molecular flexibility index (Phi) is 3.89. The molecule has 2 aromatic rings. The van der Waals surface area contributed by atoms with Gasteiger partial charge in [-0.1, -0.05) is 12.2 Å². The number of nitrogens with two attached hydrogens (primary N) is 1. The summed E-state index contributed by atoms with van der Waals surface area (Å²) < 4.78 is 53.2. The standard InChI is InChI=1S/C13H8F4N2S/c14-6-3-10(16)12(11(17)4-6)19-7-1-2-8(13(18)20)9(15)5-7/h1-5,19H,(H2,18,20). The number of anilines is 2. The third kappa shape index (κ3) is 2.88. The number of benzene rings is 2. The van der Waals surface area contributed by atoms with E-state index >= 15 is 0 Å². The lowest BCUT2D eigenvalue weighted by Crippen LogP contribution is -2.11. The Morgan fingerprint density at radius 2 is 1.55 bits per heavy atom. The first-order chi connectivity index (χ1) is 9.38. The second kappa shape index (κ2) is 5.46. The summed E-state index contributed by atoms with van der Waals surface area (Å²) in [5, 5.41) is 2.33. The van der Waals surface area contributed by atoms with Gasteiger partial charge in [0.1, 0.15) is 22.3 Å². The highest BCUT2D eigenvalue weighted by atomic mass is 32.1. The van der Waals surface area contributed by atoms with Crippen LogP contribution in [-0.2, 0) is 0 Å². The molecule has 2 nitrogen and oxygen atoms in total. The molecule has 0 saturated heterocycles. The third-order valence-corrected chi connectivity index (χ3v) is 2.73. The van der Waals surface area contributed by atoms with Crippen molar-refractivity contribution in [3.05, 3.63) is 59.2 Å². The van der Waals surface area contributed by atoms with Crippen molar-refractivity contribution < 1.29 is 17.6 Å². The normalized spacial score (nSPS) is 10.4. The number of nitrogens with one attached hydrogen (secondary N) is 1. The van der Waals surface area contributed by atoms with Crippen LogP contribution in [0.3, 0.4) is 0 Å². The lowest BCUT2D eigenvalue weighted by molar-refractivity contribution is 0.549. The molecule has 0 aliphatic carbocycles. The van der Waals surface area contributed by atoms with Gasteiger partial charge in [-0.3, -0.25) is 0 Å². The Morgan fingerprint density at radius 1 is 0.950 bits per heavy atom. The van der Waals surface area contributed by atoms with Crippen LogP contribution in [0, 0.1) is 23.3 Å². The molecule has 0 aliphatic heterocycles. The van der Waals surface area contributed by atoms with Crippen molar-refractivity contribution >= 4 is 28.6 Å². The van der Waals surface area contributed by atoms with Crippen LogP contribution >= 0.6 is 12.2 Å². The highest BCUT2D eigenvalue weighted by Crippen LogP contribution is 2.25. The van der Waals surface area contributed by atoms with E-state index in [2.05, 4.69) is 17.5 Å². The summed E-state index contributed by atoms with van der Waals surface area (Å²) in [4.78, 5) is -0.131. The maximum absolute atomic E-state index is 13.6. The molecule has 0 amide bonds. The molecular weight excluding hydrogens is 292 g/mol. The van der Waals surface area contributed by atoms with Crippen molar-refractivity contribution in [3.8, 4) is 0 Å². The molecule has 0 saturated carbocycles. The molecule has 0 aliphatic rings. The molecule has 3 N–H and O–H groups in total. The van der Waals surface area contributed by atoms with E-state index in [0.717, 1.165) is 6.07 Å². The van der Waals surface area contributed by atoms with Gasteiger partial charge < -0.3 is 11.1 Å². The molecule has 0 spiro atoms. The second-order valence-electron chi connectivity index (χ2n) is 3.93. The quantitative estimate of drug-likeness (QED) is 0.671. The van der Waals surface area contributed by atoms with Crippen molar-refractivity contribution in [1.82, 2.24) is 0 Å². The van der Waals surface area contributed by atoms with Gasteiger partial charge >= 0.3 is 0 Å². The fourth-order valence-corrected chi connectivity index (χ4v) is 1.76. The van der Waals surface area contributed by atoms with Crippen LogP contribution in [0.25, 0.3) is 0 Å². The summed E-state index contributed by atoms with van der Waals surface area (Å²) in [6, 6.07) is 4.65. The van der Waals surface area contributed by atoms with Crippen LogP contribution in [0.4, 0.5) is 28.9 Å². The van der Waals surface area contributed by atoms with Gasteiger partial charge in [-0.05, 0) is 18.2 Å². The first-order valence-corrected chi connectivity index (χ1v) is 5.80. The first kappa shape index (κ1) is 14.3. The molecule has 104 valence electrons. The molecule has 20 heavy (non-hydrogen) atoms. The number of rotatable bonds is 3. The van der Waals surface area contributed by atoms with Crippen molar-refractivity contribution in [2.24, 2.45) is 5.73 Å². The number of thiocarbonyl (C=S) groups is 1. The zero-order valence-corrected chi connectivity index (χ0v) is 10.7. The fourth-order valence-electron chi connectivity index (χ4n) is 1.60.